The summed E-state index contributed by atoms with van der Waals surface area (Å²) in [6.45, 7) is 14.1. The van der Waals surface area contributed by atoms with Crippen LogP contribution in [0, 0.1) is 0 Å². The first kappa shape index (κ1) is 64.3. The van der Waals surface area contributed by atoms with Crippen molar-refractivity contribution in [3.63, 3.8) is 0 Å². The lowest BCUT2D eigenvalue weighted by atomic mass is 9.82. The Labute approximate surface area is 644 Å². The Morgan fingerprint density at radius 1 is 0.198 bits per heavy atom. The van der Waals surface area contributed by atoms with Crippen LogP contribution in [0.25, 0.3) is 116 Å². The molecule has 0 N–H and O–H groups in total. The van der Waals surface area contributed by atoms with Gasteiger partial charge < -0.3 is 13.7 Å². The number of hydrogen-bond acceptors (Lipinski definition) is 6. The summed E-state index contributed by atoms with van der Waals surface area (Å²) in [5.41, 5.74) is 30.5. The summed E-state index contributed by atoms with van der Waals surface area (Å²) in [7, 11) is 0. The van der Waals surface area contributed by atoms with Gasteiger partial charge in [0.05, 0.1) is 33.1 Å². The number of rotatable bonds is 12. The zero-order valence-electron chi connectivity index (χ0n) is 62.4. The number of fused-ring (bicyclic) bond motifs is 18. The van der Waals surface area contributed by atoms with E-state index in [0.29, 0.717) is 17.8 Å². The Balaban J connectivity index is 0.764. The normalized spacial score (nSPS) is 13.9. The molecular formula is C102H75N9. The van der Waals surface area contributed by atoms with Gasteiger partial charge >= 0.3 is 0 Å². The number of para-hydroxylation sites is 6. The fourth-order valence-electron chi connectivity index (χ4n) is 19.1. The SMILES string of the molecule is CC1(C)c2ccccc2-c2ccc(-n3c4ccccc4c4cc(N(c5ccccc5)c5nc(N(c6ccccc6)c6ccc7c(c6)c6ccccc6n7-c6ccc7c(c6)C(C)(C)c6ccccc6-7)nc(N(c6ccccc6)c6ccc7c(c6)c6ccccc6n7-c6ccc7c(c6)C(C)(C)c6ccccc6-7)n5)ccc43)cc21. The standard InChI is InChI=1S/C102H75N9/c1-100(2)85-40-22-16-34-73(85)76-52-46-70(61-88(76)100)109-91-43-25-19-37-79(91)82-58-67(49-55-94(82)109)106(64-28-10-7-11-29-64)97-103-98(107(65-30-12-8-13-31-65)68-50-56-95-83(59-68)80-38-20-26-44-92(80)110(95)71-47-53-77-74-35-17-23-41-86(74)101(3,4)89(77)62-71)105-99(104-97)108(66-32-14-9-15-33-66)69-51-57-96-84(60-69)81-39-21-27-45-93(81)111(96)72-48-54-78-75-36-18-24-42-87(75)102(5,6)90(78)63-72/h7-63H,1-6H3. The molecule has 0 aliphatic heterocycles. The molecule has 4 aromatic heterocycles. The summed E-state index contributed by atoms with van der Waals surface area (Å²) in [6.07, 6.45) is 0. The lowest BCUT2D eigenvalue weighted by Gasteiger charge is -2.30. The molecule has 3 aliphatic carbocycles. The summed E-state index contributed by atoms with van der Waals surface area (Å²) in [5.74, 6) is 1.26. The van der Waals surface area contributed by atoms with Crippen LogP contribution in [0.1, 0.15) is 74.9 Å². The minimum atomic E-state index is -0.178. The number of benzene rings is 15. The molecule has 0 radical (unpaired) electrons. The molecule has 528 valence electrons. The highest BCUT2D eigenvalue weighted by molar-refractivity contribution is 6.14. The largest absolute Gasteiger partial charge is 0.309 e. The number of nitrogens with zero attached hydrogens (tertiary/aromatic N) is 9. The van der Waals surface area contributed by atoms with E-state index in [1.54, 1.807) is 0 Å². The molecule has 0 fully saturated rings. The Morgan fingerprint density at radius 2 is 0.441 bits per heavy atom. The highest BCUT2D eigenvalue weighted by Gasteiger charge is 2.39. The van der Waals surface area contributed by atoms with Gasteiger partial charge in [-0.25, -0.2) is 0 Å². The highest BCUT2D eigenvalue weighted by Crippen LogP contribution is 2.54. The van der Waals surface area contributed by atoms with Crippen LogP contribution in [-0.4, -0.2) is 28.7 Å². The number of aromatic nitrogens is 6. The minimum absolute atomic E-state index is 0.178. The van der Waals surface area contributed by atoms with Crippen LogP contribution in [-0.2, 0) is 16.2 Å². The van der Waals surface area contributed by atoms with Gasteiger partial charge in [-0.1, -0.05) is 242 Å². The van der Waals surface area contributed by atoms with E-state index in [4.69, 9.17) is 15.0 Å². The first-order chi connectivity index (χ1) is 54.3. The number of hydrogen-bond donors (Lipinski definition) is 0. The summed E-state index contributed by atoms with van der Waals surface area (Å²) >= 11 is 0. The molecule has 19 aromatic rings. The van der Waals surface area contributed by atoms with Crippen molar-refractivity contribution in [2.24, 2.45) is 0 Å². The van der Waals surface area contributed by atoms with Crippen molar-refractivity contribution in [1.29, 1.82) is 0 Å². The van der Waals surface area contributed by atoms with Crippen LogP contribution in [0.3, 0.4) is 0 Å². The lowest BCUT2D eigenvalue weighted by Crippen LogP contribution is -2.22. The van der Waals surface area contributed by atoms with Gasteiger partial charge in [0.15, 0.2) is 0 Å². The molecule has 15 aromatic carbocycles. The first-order valence-electron chi connectivity index (χ1n) is 38.5. The molecule has 4 heterocycles. The Bertz CT molecular complexity index is 6400. The molecule has 111 heavy (non-hydrogen) atoms. The molecule has 0 unspecified atom stereocenters. The van der Waals surface area contributed by atoms with Crippen molar-refractivity contribution in [1.82, 2.24) is 28.7 Å². The van der Waals surface area contributed by atoms with Gasteiger partial charge in [0.1, 0.15) is 0 Å². The summed E-state index contributed by atoms with van der Waals surface area (Å²) < 4.78 is 7.32. The smallest absolute Gasteiger partial charge is 0.241 e. The van der Waals surface area contributed by atoms with E-state index < -0.39 is 0 Å². The quantitative estimate of drug-likeness (QED) is 0.121. The van der Waals surface area contributed by atoms with Gasteiger partial charge in [0, 0.05) is 99.7 Å². The molecule has 3 aliphatic rings. The maximum atomic E-state index is 5.89. The molecule has 0 amide bonds. The summed E-state index contributed by atoms with van der Waals surface area (Å²) in [4.78, 5) is 24.3. The lowest BCUT2D eigenvalue weighted by molar-refractivity contribution is 0.660. The second-order valence-electron chi connectivity index (χ2n) is 31.6. The predicted molar refractivity (Wildman–Crippen MR) is 460 cm³/mol. The fourth-order valence-corrected chi connectivity index (χ4v) is 19.1. The van der Waals surface area contributed by atoms with E-state index in [-0.39, 0.29) is 16.2 Å². The monoisotopic (exact) mass is 1430 g/mol. The minimum Gasteiger partial charge on any atom is -0.309 e. The van der Waals surface area contributed by atoms with Crippen LogP contribution >= 0.6 is 0 Å². The summed E-state index contributed by atoms with van der Waals surface area (Å²) in [6, 6.07) is 126. The van der Waals surface area contributed by atoms with Crippen LogP contribution in [0.5, 0.6) is 0 Å². The van der Waals surface area contributed by atoms with E-state index in [0.717, 1.165) is 117 Å². The average molecular weight is 1430 g/mol. The van der Waals surface area contributed by atoms with Crippen LogP contribution in [0.15, 0.2) is 346 Å². The van der Waals surface area contributed by atoms with Gasteiger partial charge in [0.2, 0.25) is 17.8 Å². The molecule has 0 atom stereocenters. The van der Waals surface area contributed by atoms with Crippen LogP contribution in [0.4, 0.5) is 52.0 Å². The Kier molecular flexibility index (Phi) is 13.9. The second kappa shape index (κ2) is 24.1. The van der Waals surface area contributed by atoms with Crippen LogP contribution < -0.4 is 14.7 Å². The van der Waals surface area contributed by atoms with Gasteiger partial charge in [-0.05, 0) is 212 Å². The third-order valence-corrected chi connectivity index (χ3v) is 24.5. The van der Waals surface area contributed by atoms with Gasteiger partial charge in [-0.15, -0.1) is 0 Å². The van der Waals surface area contributed by atoms with E-state index in [1.807, 2.05) is 0 Å². The zero-order chi connectivity index (χ0) is 74.2. The van der Waals surface area contributed by atoms with Crippen LogP contribution in [0.2, 0.25) is 0 Å². The van der Waals surface area contributed by atoms with Crippen molar-refractivity contribution in [3.05, 3.63) is 379 Å². The molecule has 0 spiro atoms. The average Bonchev–Trinajstić information content (AvgIpc) is 1.59. The molecule has 0 bridgehead atoms. The van der Waals surface area contributed by atoms with Crippen molar-refractivity contribution < 1.29 is 0 Å². The molecule has 9 heteroatoms. The topological polar surface area (TPSA) is 63.2 Å². The maximum Gasteiger partial charge on any atom is 0.241 e. The Hall–Kier alpha value is -13.9. The maximum absolute atomic E-state index is 5.89. The van der Waals surface area contributed by atoms with E-state index in [9.17, 15) is 0 Å². The van der Waals surface area contributed by atoms with Gasteiger partial charge in [-0.3, -0.25) is 14.7 Å². The zero-order valence-corrected chi connectivity index (χ0v) is 62.4. The van der Waals surface area contributed by atoms with Gasteiger partial charge in [0.25, 0.3) is 0 Å². The molecule has 9 nitrogen and oxygen atoms in total. The molecule has 0 saturated carbocycles. The fraction of sp³-hybridized carbons (Fsp3) is 0.0882. The van der Waals surface area contributed by atoms with E-state index >= 15 is 0 Å². The van der Waals surface area contributed by atoms with E-state index in [2.05, 4.69) is 416 Å². The van der Waals surface area contributed by atoms with Crippen molar-refractivity contribution in [2.75, 3.05) is 14.7 Å². The highest BCUT2D eigenvalue weighted by atomic mass is 15.4. The van der Waals surface area contributed by atoms with Crippen molar-refractivity contribution >= 4 is 117 Å². The van der Waals surface area contributed by atoms with Crippen molar-refractivity contribution in [2.45, 2.75) is 57.8 Å². The van der Waals surface area contributed by atoms with Gasteiger partial charge in [-0.2, -0.15) is 15.0 Å². The molecular weight excluding hydrogens is 1350 g/mol. The molecule has 22 rings (SSSR count). The Morgan fingerprint density at radius 3 is 0.739 bits per heavy atom. The van der Waals surface area contributed by atoms with E-state index in [1.165, 1.54) is 66.8 Å². The van der Waals surface area contributed by atoms with Crippen molar-refractivity contribution in [3.8, 4) is 50.4 Å². The second-order valence-corrected chi connectivity index (χ2v) is 31.6. The number of anilines is 9. The third kappa shape index (κ3) is 9.58. The summed E-state index contributed by atoms with van der Waals surface area (Å²) in [5, 5.41) is 6.70. The molecule has 0 saturated heterocycles. The first-order valence-corrected chi connectivity index (χ1v) is 38.5. The predicted octanol–water partition coefficient (Wildman–Crippen LogP) is 26.5. The third-order valence-electron chi connectivity index (χ3n) is 24.5.